The first kappa shape index (κ1) is 19.8. The summed E-state index contributed by atoms with van der Waals surface area (Å²) < 4.78 is 15.0. The highest BCUT2D eigenvalue weighted by molar-refractivity contribution is 5.98. The predicted octanol–water partition coefficient (Wildman–Crippen LogP) is 4.97. The molecule has 0 unspecified atom stereocenters. The first-order valence-corrected chi connectivity index (χ1v) is 10.1. The van der Waals surface area contributed by atoms with E-state index in [0.717, 1.165) is 29.3 Å². The second-order valence-electron chi connectivity index (χ2n) is 7.60. The number of nitrogens with zero attached hydrogens (tertiary/aromatic N) is 2. The van der Waals surface area contributed by atoms with Crippen LogP contribution in [0.25, 0.3) is 10.9 Å². The molecule has 0 spiro atoms. The van der Waals surface area contributed by atoms with Crippen molar-refractivity contribution in [3.8, 4) is 0 Å². The molecule has 1 N–H and O–H groups in total. The summed E-state index contributed by atoms with van der Waals surface area (Å²) in [6.45, 7) is 2.54. The molecule has 3 aromatic carbocycles. The summed E-state index contributed by atoms with van der Waals surface area (Å²) in [4.78, 5) is 12.8. The Balaban J connectivity index is 1.44. The van der Waals surface area contributed by atoms with Crippen LogP contribution in [-0.4, -0.2) is 21.7 Å². The molecule has 0 aliphatic heterocycles. The topological polar surface area (TPSA) is 46.9 Å². The van der Waals surface area contributed by atoms with E-state index in [0.29, 0.717) is 12.1 Å². The van der Waals surface area contributed by atoms with Gasteiger partial charge in [-0.15, -0.1) is 0 Å². The number of halogens is 1. The van der Waals surface area contributed by atoms with Gasteiger partial charge in [-0.2, -0.15) is 5.10 Å². The third-order valence-corrected chi connectivity index (χ3v) is 5.24. The molecule has 4 aromatic rings. The largest absolute Gasteiger partial charge is 0.350 e. The van der Waals surface area contributed by atoms with Crippen LogP contribution < -0.4 is 5.32 Å². The zero-order valence-electron chi connectivity index (χ0n) is 16.9. The fourth-order valence-corrected chi connectivity index (χ4v) is 3.51. The predicted molar refractivity (Wildman–Crippen MR) is 117 cm³/mol. The van der Waals surface area contributed by atoms with Crippen LogP contribution >= 0.6 is 0 Å². The van der Waals surface area contributed by atoms with Crippen molar-refractivity contribution < 1.29 is 9.18 Å². The summed E-state index contributed by atoms with van der Waals surface area (Å²) in [6.07, 6.45) is 3.58. The zero-order valence-corrected chi connectivity index (χ0v) is 16.9. The van der Waals surface area contributed by atoms with E-state index < -0.39 is 0 Å². The molecule has 0 saturated heterocycles. The van der Waals surface area contributed by atoms with Crippen molar-refractivity contribution in [3.05, 3.63) is 102 Å². The highest BCUT2D eigenvalue weighted by Gasteiger charge is 2.12. The standard InChI is InChI=1S/C25H24FN3O/c1-18(7-8-19-5-3-2-4-6-19)28-25(30)21-11-12-22-16-27-29(24(22)15-21)17-20-9-13-23(26)14-10-20/h2-6,9-16,18H,7-8,17H2,1H3,(H,28,30)/t18-/m0/s1. The van der Waals surface area contributed by atoms with Crippen molar-refractivity contribution in [2.75, 3.05) is 0 Å². The number of carbonyl (C=O) groups is 1. The van der Waals surface area contributed by atoms with Gasteiger partial charge in [-0.3, -0.25) is 9.48 Å². The number of aryl methyl sites for hydroxylation is 1. The van der Waals surface area contributed by atoms with E-state index in [2.05, 4.69) is 22.5 Å². The Morgan fingerprint density at radius 1 is 1.03 bits per heavy atom. The average molecular weight is 401 g/mol. The Bertz CT molecular complexity index is 1140. The maximum Gasteiger partial charge on any atom is 0.251 e. The molecule has 0 fully saturated rings. The Labute approximate surface area is 175 Å². The number of aromatic nitrogens is 2. The Morgan fingerprint density at radius 3 is 2.57 bits per heavy atom. The highest BCUT2D eigenvalue weighted by Crippen LogP contribution is 2.18. The number of hydrogen-bond donors (Lipinski definition) is 1. The SMILES string of the molecule is C[C@@H](CCc1ccccc1)NC(=O)c1ccc2cnn(Cc3ccc(F)cc3)c2c1. The van der Waals surface area contributed by atoms with Crippen LogP contribution in [-0.2, 0) is 13.0 Å². The molecule has 1 aromatic heterocycles. The molecular formula is C25H24FN3O. The molecule has 0 radical (unpaired) electrons. The molecule has 1 atom stereocenters. The molecule has 0 aliphatic rings. The van der Waals surface area contributed by atoms with E-state index in [4.69, 9.17) is 0 Å². The molecule has 5 heteroatoms. The Kier molecular flexibility index (Phi) is 5.89. The summed E-state index contributed by atoms with van der Waals surface area (Å²) in [6, 6.07) is 22.3. The van der Waals surface area contributed by atoms with Crippen LogP contribution in [0, 0.1) is 5.82 Å². The van der Waals surface area contributed by atoms with Crippen molar-refractivity contribution in [1.29, 1.82) is 0 Å². The van der Waals surface area contributed by atoms with Crippen LogP contribution in [0.3, 0.4) is 0 Å². The minimum absolute atomic E-state index is 0.0672. The van der Waals surface area contributed by atoms with E-state index in [9.17, 15) is 9.18 Å². The Hall–Kier alpha value is -3.47. The van der Waals surface area contributed by atoms with Gasteiger partial charge in [-0.05, 0) is 55.2 Å². The molecule has 152 valence electrons. The minimum atomic E-state index is -0.260. The van der Waals surface area contributed by atoms with Gasteiger partial charge in [0.15, 0.2) is 0 Å². The van der Waals surface area contributed by atoms with Gasteiger partial charge >= 0.3 is 0 Å². The average Bonchev–Trinajstić information content (AvgIpc) is 3.16. The quantitative estimate of drug-likeness (QED) is 0.475. The van der Waals surface area contributed by atoms with Crippen molar-refractivity contribution in [1.82, 2.24) is 15.1 Å². The number of fused-ring (bicyclic) bond motifs is 1. The molecule has 1 heterocycles. The number of hydrogen-bond acceptors (Lipinski definition) is 2. The molecule has 0 bridgehead atoms. The van der Waals surface area contributed by atoms with Gasteiger partial charge in [0, 0.05) is 17.0 Å². The highest BCUT2D eigenvalue weighted by atomic mass is 19.1. The van der Waals surface area contributed by atoms with Crippen LogP contribution in [0.15, 0.2) is 79.0 Å². The number of rotatable bonds is 7. The monoisotopic (exact) mass is 401 g/mol. The lowest BCUT2D eigenvalue weighted by atomic mass is 10.1. The summed E-state index contributed by atoms with van der Waals surface area (Å²) in [5, 5.41) is 8.48. The number of amides is 1. The number of carbonyl (C=O) groups excluding carboxylic acids is 1. The molecule has 0 saturated carbocycles. The van der Waals surface area contributed by atoms with Crippen molar-refractivity contribution in [3.63, 3.8) is 0 Å². The maximum atomic E-state index is 13.1. The maximum absolute atomic E-state index is 13.1. The van der Waals surface area contributed by atoms with Crippen molar-refractivity contribution >= 4 is 16.8 Å². The smallest absolute Gasteiger partial charge is 0.251 e. The van der Waals surface area contributed by atoms with E-state index in [1.165, 1.54) is 17.7 Å². The second-order valence-corrected chi connectivity index (χ2v) is 7.60. The number of benzene rings is 3. The van der Waals surface area contributed by atoms with Crippen LogP contribution in [0.4, 0.5) is 4.39 Å². The van der Waals surface area contributed by atoms with Gasteiger partial charge in [0.25, 0.3) is 5.91 Å². The van der Waals surface area contributed by atoms with Crippen molar-refractivity contribution in [2.24, 2.45) is 0 Å². The van der Waals surface area contributed by atoms with Crippen LogP contribution in [0.5, 0.6) is 0 Å². The fourth-order valence-electron chi connectivity index (χ4n) is 3.51. The summed E-state index contributed by atoms with van der Waals surface area (Å²) in [5.74, 6) is -0.351. The lowest BCUT2D eigenvalue weighted by Crippen LogP contribution is -2.32. The molecule has 30 heavy (non-hydrogen) atoms. The minimum Gasteiger partial charge on any atom is -0.350 e. The zero-order chi connectivity index (χ0) is 20.9. The van der Waals surface area contributed by atoms with Gasteiger partial charge in [0.1, 0.15) is 5.82 Å². The lowest BCUT2D eigenvalue weighted by Gasteiger charge is -2.14. The van der Waals surface area contributed by atoms with E-state index in [1.807, 2.05) is 48.0 Å². The van der Waals surface area contributed by atoms with Crippen molar-refractivity contribution in [2.45, 2.75) is 32.4 Å². The van der Waals surface area contributed by atoms with Gasteiger partial charge < -0.3 is 5.32 Å². The summed E-state index contributed by atoms with van der Waals surface area (Å²) >= 11 is 0. The molecule has 4 rings (SSSR count). The molecule has 0 aliphatic carbocycles. The lowest BCUT2D eigenvalue weighted by molar-refractivity contribution is 0.0938. The number of nitrogens with one attached hydrogen (secondary N) is 1. The van der Waals surface area contributed by atoms with Crippen LogP contribution in [0.2, 0.25) is 0 Å². The third kappa shape index (κ3) is 4.74. The second kappa shape index (κ2) is 8.91. The van der Waals surface area contributed by atoms with Gasteiger partial charge in [0.05, 0.1) is 18.3 Å². The van der Waals surface area contributed by atoms with E-state index in [-0.39, 0.29) is 17.8 Å². The van der Waals surface area contributed by atoms with E-state index >= 15 is 0 Å². The van der Waals surface area contributed by atoms with Gasteiger partial charge in [-0.25, -0.2) is 4.39 Å². The van der Waals surface area contributed by atoms with Gasteiger partial charge in [-0.1, -0.05) is 48.5 Å². The molecule has 1 amide bonds. The summed E-state index contributed by atoms with van der Waals surface area (Å²) in [5.41, 5.74) is 3.70. The first-order chi connectivity index (χ1) is 14.6. The van der Waals surface area contributed by atoms with Gasteiger partial charge in [0.2, 0.25) is 0 Å². The molecule has 4 nitrogen and oxygen atoms in total. The Morgan fingerprint density at radius 2 is 1.80 bits per heavy atom. The fraction of sp³-hybridized carbons (Fsp3) is 0.200. The third-order valence-electron chi connectivity index (χ3n) is 5.24. The first-order valence-electron chi connectivity index (χ1n) is 10.1. The van der Waals surface area contributed by atoms with E-state index in [1.54, 1.807) is 18.3 Å². The molecular weight excluding hydrogens is 377 g/mol. The van der Waals surface area contributed by atoms with Crippen LogP contribution in [0.1, 0.15) is 34.8 Å². The normalized spacial score (nSPS) is 12.1. The summed E-state index contributed by atoms with van der Waals surface area (Å²) in [7, 11) is 0.